The molecule has 5 nitrogen and oxygen atoms in total. The van der Waals surface area contributed by atoms with E-state index in [1.807, 2.05) is 72.8 Å². The predicted octanol–water partition coefficient (Wildman–Crippen LogP) is 5.23. The van der Waals surface area contributed by atoms with Crippen molar-refractivity contribution in [3.05, 3.63) is 108 Å². The summed E-state index contributed by atoms with van der Waals surface area (Å²) in [5, 5.41) is 10.7. The molecule has 1 N–H and O–H groups in total. The van der Waals surface area contributed by atoms with E-state index in [9.17, 15) is 5.11 Å². The van der Waals surface area contributed by atoms with Crippen LogP contribution in [0.1, 0.15) is 28.4 Å². The summed E-state index contributed by atoms with van der Waals surface area (Å²) in [6.07, 6.45) is 0.510. The Bertz CT molecular complexity index is 968. The van der Waals surface area contributed by atoms with E-state index in [2.05, 4.69) is 6.58 Å². The molecule has 0 radical (unpaired) electrons. The van der Waals surface area contributed by atoms with Gasteiger partial charge >= 0.3 is 0 Å². The first kappa shape index (κ1) is 23.5. The van der Waals surface area contributed by atoms with Crippen molar-refractivity contribution in [1.29, 1.82) is 0 Å². The normalized spacial score (nSPS) is 11.9. The Hall–Kier alpha value is -3.12. The van der Waals surface area contributed by atoms with Crippen LogP contribution in [0.3, 0.4) is 0 Å². The van der Waals surface area contributed by atoms with E-state index in [0.29, 0.717) is 36.7 Å². The highest BCUT2D eigenvalue weighted by atomic mass is 16.7. The summed E-state index contributed by atoms with van der Waals surface area (Å²) in [5.41, 5.74) is 3.51. The maximum Gasteiger partial charge on any atom is 0.160 e. The van der Waals surface area contributed by atoms with E-state index in [0.717, 1.165) is 16.7 Å². The van der Waals surface area contributed by atoms with Gasteiger partial charge in [-0.1, -0.05) is 66.7 Å². The van der Waals surface area contributed by atoms with Crippen LogP contribution in [0, 0.1) is 0 Å². The van der Waals surface area contributed by atoms with Gasteiger partial charge in [0.1, 0.15) is 30.8 Å². The molecule has 0 aliphatic carbocycles. The summed E-state index contributed by atoms with van der Waals surface area (Å²) in [5.74, 6) is 1.17. The number of benzene rings is 3. The minimum absolute atomic E-state index is 0.358. The van der Waals surface area contributed by atoms with E-state index in [1.54, 1.807) is 14.2 Å². The van der Waals surface area contributed by atoms with Crippen LogP contribution in [0.2, 0.25) is 0 Å². The van der Waals surface area contributed by atoms with Gasteiger partial charge in [-0.2, -0.15) is 0 Å². The molecule has 1 atom stereocenters. The number of hydrogen-bond donors (Lipinski definition) is 1. The second-order valence-electron chi connectivity index (χ2n) is 7.33. The van der Waals surface area contributed by atoms with E-state index >= 15 is 0 Å². The van der Waals surface area contributed by atoms with E-state index in [1.165, 1.54) is 6.08 Å². The van der Waals surface area contributed by atoms with Gasteiger partial charge < -0.3 is 24.1 Å². The smallest absolute Gasteiger partial charge is 0.160 e. The molecule has 0 aliphatic rings. The number of rotatable bonds is 12. The van der Waals surface area contributed by atoms with Gasteiger partial charge in [0.15, 0.2) is 6.29 Å². The summed E-state index contributed by atoms with van der Waals surface area (Å²) < 4.78 is 23.0. The third kappa shape index (κ3) is 6.44. The molecule has 0 saturated carbocycles. The Balaban J connectivity index is 1.95. The van der Waals surface area contributed by atoms with Crippen LogP contribution in [0.15, 0.2) is 85.5 Å². The summed E-state index contributed by atoms with van der Waals surface area (Å²) in [6, 6.07) is 23.5. The molecule has 0 aliphatic heterocycles. The number of hydrogen-bond acceptors (Lipinski definition) is 5. The lowest BCUT2D eigenvalue weighted by molar-refractivity contribution is -0.100. The van der Waals surface area contributed by atoms with Crippen molar-refractivity contribution in [2.75, 3.05) is 14.2 Å². The quantitative estimate of drug-likeness (QED) is 0.313. The van der Waals surface area contributed by atoms with Gasteiger partial charge in [-0.25, -0.2) is 0 Å². The van der Waals surface area contributed by atoms with Crippen LogP contribution in [-0.4, -0.2) is 25.6 Å². The molecular formula is C27H30O5. The molecule has 3 rings (SSSR count). The largest absolute Gasteiger partial charge is 0.489 e. The highest BCUT2D eigenvalue weighted by molar-refractivity contribution is 5.49. The maximum absolute atomic E-state index is 10.7. The summed E-state index contributed by atoms with van der Waals surface area (Å²) >= 11 is 0. The van der Waals surface area contributed by atoms with Gasteiger partial charge in [0.05, 0.1) is 0 Å². The average molecular weight is 435 g/mol. The zero-order valence-electron chi connectivity index (χ0n) is 18.6. The molecule has 0 aromatic heterocycles. The van der Waals surface area contributed by atoms with Crippen molar-refractivity contribution >= 4 is 0 Å². The standard InChI is InChI=1S/C27H30O5/c1-4-24(28)27-22(16-26(29-2)30-3)15-23(31-18-20-11-7-5-8-12-20)17-25(27)32-19-21-13-9-6-10-14-21/h4-15,17,24,26,28H,1,16,18-19H2,2-3H3. The van der Waals surface area contributed by atoms with Crippen molar-refractivity contribution < 1.29 is 24.1 Å². The van der Waals surface area contributed by atoms with Crippen LogP contribution in [0.4, 0.5) is 0 Å². The molecule has 1 unspecified atom stereocenters. The van der Waals surface area contributed by atoms with Crippen LogP contribution < -0.4 is 9.47 Å². The van der Waals surface area contributed by atoms with Crippen molar-refractivity contribution in [2.45, 2.75) is 32.0 Å². The molecule has 0 saturated heterocycles. The fourth-order valence-corrected chi connectivity index (χ4v) is 3.40. The Morgan fingerprint density at radius 3 is 1.94 bits per heavy atom. The zero-order valence-corrected chi connectivity index (χ0v) is 18.6. The molecule has 0 bridgehead atoms. The van der Waals surface area contributed by atoms with Gasteiger partial charge in [-0.3, -0.25) is 0 Å². The first-order valence-corrected chi connectivity index (χ1v) is 10.5. The topological polar surface area (TPSA) is 57.2 Å². The summed E-state index contributed by atoms with van der Waals surface area (Å²) in [4.78, 5) is 0. The Kier molecular flexibility index (Phi) is 8.87. The van der Waals surface area contributed by atoms with E-state index in [-0.39, 0.29) is 0 Å². The highest BCUT2D eigenvalue weighted by Crippen LogP contribution is 2.36. The second-order valence-corrected chi connectivity index (χ2v) is 7.33. The molecule has 0 heterocycles. The minimum Gasteiger partial charge on any atom is -0.489 e. The van der Waals surface area contributed by atoms with Crippen LogP contribution in [0.5, 0.6) is 11.5 Å². The third-order valence-electron chi connectivity index (χ3n) is 5.12. The van der Waals surface area contributed by atoms with Gasteiger partial charge in [0.25, 0.3) is 0 Å². The van der Waals surface area contributed by atoms with Gasteiger partial charge in [-0.05, 0) is 22.8 Å². The average Bonchev–Trinajstić information content (AvgIpc) is 2.85. The maximum atomic E-state index is 10.7. The molecule has 168 valence electrons. The number of aliphatic hydroxyl groups excluding tert-OH is 1. The van der Waals surface area contributed by atoms with Crippen molar-refractivity contribution in [1.82, 2.24) is 0 Å². The van der Waals surface area contributed by atoms with E-state index < -0.39 is 12.4 Å². The van der Waals surface area contributed by atoms with Gasteiger partial charge in [0, 0.05) is 32.3 Å². The molecule has 32 heavy (non-hydrogen) atoms. The molecule has 3 aromatic rings. The highest BCUT2D eigenvalue weighted by Gasteiger charge is 2.21. The molecule has 5 heteroatoms. The first-order chi connectivity index (χ1) is 15.6. The van der Waals surface area contributed by atoms with Crippen LogP contribution >= 0.6 is 0 Å². The lowest BCUT2D eigenvalue weighted by atomic mass is 9.97. The fraction of sp³-hybridized carbons (Fsp3) is 0.259. The second kappa shape index (κ2) is 12.1. The summed E-state index contributed by atoms with van der Waals surface area (Å²) in [7, 11) is 3.17. The molecule has 0 fully saturated rings. The third-order valence-corrected chi connectivity index (χ3v) is 5.12. The van der Waals surface area contributed by atoms with Gasteiger partial charge in [-0.15, -0.1) is 6.58 Å². The lowest BCUT2D eigenvalue weighted by Gasteiger charge is -2.22. The van der Waals surface area contributed by atoms with Crippen molar-refractivity contribution in [3.8, 4) is 11.5 Å². The van der Waals surface area contributed by atoms with Crippen molar-refractivity contribution in [2.24, 2.45) is 0 Å². The van der Waals surface area contributed by atoms with Gasteiger partial charge in [0.2, 0.25) is 0 Å². The number of aliphatic hydroxyl groups is 1. The van der Waals surface area contributed by atoms with Crippen molar-refractivity contribution in [3.63, 3.8) is 0 Å². The Morgan fingerprint density at radius 1 is 0.844 bits per heavy atom. The minimum atomic E-state index is -0.909. The fourth-order valence-electron chi connectivity index (χ4n) is 3.40. The first-order valence-electron chi connectivity index (χ1n) is 10.5. The predicted molar refractivity (Wildman–Crippen MR) is 125 cm³/mol. The molecule has 0 amide bonds. The number of ether oxygens (including phenoxy) is 4. The van der Waals surface area contributed by atoms with E-state index in [4.69, 9.17) is 18.9 Å². The van der Waals surface area contributed by atoms with Crippen LogP contribution in [-0.2, 0) is 29.1 Å². The molecule has 0 spiro atoms. The monoisotopic (exact) mass is 434 g/mol. The molecule has 3 aromatic carbocycles. The van der Waals surface area contributed by atoms with Crippen LogP contribution in [0.25, 0.3) is 0 Å². The molecular weight excluding hydrogens is 404 g/mol. The Morgan fingerprint density at radius 2 is 1.41 bits per heavy atom. The zero-order chi connectivity index (χ0) is 22.8. The lowest BCUT2D eigenvalue weighted by Crippen LogP contribution is -2.18. The number of methoxy groups -OCH3 is 2. The SMILES string of the molecule is C=CC(O)c1c(CC(OC)OC)cc(OCc2ccccc2)cc1OCc1ccccc1. The Labute approximate surface area is 189 Å². The summed E-state index contributed by atoms with van der Waals surface area (Å²) in [6.45, 7) is 4.53.